The van der Waals surface area contributed by atoms with Gasteiger partial charge in [-0.15, -0.1) is 0 Å². The summed E-state index contributed by atoms with van der Waals surface area (Å²) in [4.78, 5) is 12.9. The van der Waals surface area contributed by atoms with Gasteiger partial charge in [0.05, 0.1) is 16.6 Å². The first kappa shape index (κ1) is 30.4. The quantitative estimate of drug-likeness (QED) is 0.121. The van der Waals surface area contributed by atoms with Crippen LogP contribution in [0.1, 0.15) is 110 Å². The Balaban J connectivity index is 1.49. The summed E-state index contributed by atoms with van der Waals surface area (Å²) in [6, 6.07) is 8.85. The average Bonchev–Trinajstić information content (AvgIpc) is 2.91. The van der Waals surface area contributed by atoms with Crippen LogP contribution in [0.2, 0.25) is 0 Å². The van der Waals surface area contributed by atoms with Crippen LogP contribution in [0.3, 0.4) is 0 Å². The van der Waals surface area contributed by atoms with Crippen molar-refractivity contribution in [2.75, 3.05) is 0 Å². The number of nitrogens with zero attached hydrogens (tertiary/aromatic N) is 1. The van der Waals surface area contributed by atoms with Crippen LogP contribution in [0.15, 0.2) is 41.2 Å². The zero-order valence-corrected chi connectivity index (χ0v) is 23.6. The minimum Gasteiger partial charge on any atom is -0.508 e. The van der Waals surface area contributed by atoms with E-state index in [-0.39, 0.29) is 22.6 Å². The molecule has 0 aliphatic heterocycles. The first-order valence-corrected chi connectivity index (χ1v) is 15.0. The van der Waals surface area contributed by atoms with Crippen molar-refractivity contribution in [1.82, 2.24) is 4.57 Å². The van der Waals surface area contributed by atoms with E-state index in [4.69, 9.17) is 0 Å². The van der Waals surface area contributed by atoms with Gasteiger partial charge in [-0.3, -0.25) is 4.79 Å². The maximum Gasteiger partial charge on any atom is 0.235 e. The number of aromatic nitrogens is 1. The van der Waals surface area contributed by atoms with Crippen LogP contribution in [-0.4, -0.2) is 25.0 Å². The highest BCUT2D eigenvalue weighted by Gasteiger charge is 2.21. The molecular weight excluding hydrogens is 490 g/mol. The van der Waals surface area contributed by atoms with Crippen LogP contribution in [0, 0.1) is 0 Å². The third kappa shape index (κ3) is 8.94. The standard InChI is InChI=1S/C33H47NO5/c1-2-3-4-5-6-7-8-9-10-11-12-13-14-15-16-17-22-34-28-23-27(36)24-29(37)30(28)32(38)33(39)31(34)25-18-20-26(35)21-19-25/h18-21,23-24,35-37,39H,2-17,22H2,1H3. The fourth-order valence-electron chi connectivity index (χ4n) is 5.48. The molecule has 39 heavy (non-hydrogen) atoms. The molecule has 0 amide bonds. The van der Waals surface area contributed by atoms with E-state index in [2.05, 4.69) is 6.92 Å². The Kier molecular flexibility index (Phi) is 12.5. The van der Waals surface area contributed by atoms with Gasteiger partial charge in [0.1, 0.15) is 17.2 Å². The Morgan fingerprint density at radius 1 is 0.615 bits per heavy atom. The molecule has 0 aliphatic rings. The second kappa shape index (κ2) is 16.1. The molecule has 6 heteroatoms. The number of aromatic hydroxyl groups is 4. The van der Waals surface area contributed by atoms with Crippen LogP contribution in [0.25, 0.3) is 22.2 Å². The number of rotatable bonds is 18. The van der Waals surface area contributed by atoms with Crippen molar-refractivity contribution in [2.24, 2.45) is 0 Å². The molecule has 0 fully saturated rings. The number of phenols is 3. The molecule has 0 bridgehead atoms. The van der Waals surface area contributed by atoms with Crippen molar-refractivity contribution >= 4 is 10.9 Å². The molecule has 0 saturated heterocycles. The zero-order valence-electron chi connectivity index (χ0n) is 23.6. The third-order valence-corrected chi connectivity index (χ3v) is 7.68. The van der Waals surface area contributed by atoms with Gasteiger partial charge in [-0.25, -0.2) is 0 Å². The number of pyridine rings is 1. The van der Waals surface area contributed by atoms with E-state index >= 15 is 0 Å². The predicted octanol–water partition coefficient (Wildman–Crippen LogP) is 8.75. The molecule has 1 heterocycles. The number of aryl methyl sites for hydroxylation is 1. The second-order valence-electron chi connectivity index (χ2n) is 10.9. The van der Waals surface area contributed by atoms with Crippen LogP contribution in [-0.2, 0) is 6.54 Å². The summed E-state index contributed by atoms with van der Waals surface area (Å²) in [7, 11) is 0. The molecule has 0 saturated carbocycles. The maximum atomic E-state index is 12.9. The predicted molar refractivity (Wildman–Crippen MR) is 160 cm³/mol. The first-order valence-electron chi connectivity index (χ1n) is 15.0. The molecule has 2 aromatic carbocycles. The maximum absolute atomic E-state index is 12.9. The fraction of sp³-hybridized carbons (Fsp3) is 0.545. The van der Waals surface area contributed by atoms with E-state index in [1.807, 2.05) is 0 Å². The van der Waals surface area contributed by atoms with Gasteiger partial charge in [0.2, 0.25) is 5.43 Å². The summed E-state index contributed by atoms with van der Waals surface area (Å²) < 4.78 is 1.79. The molecule has 214 valence electrons. The Hall–Kier alpha value is -3.15. The number of hydrogen-bond donors (Lipinski definition) is 4. The fourth-order valence-corrected chi connectivity index (χ4v) is 5.48. The van der Waals surface area contributed by atoms with Gasteiger partial charge in [0.25, 0.3) is 0 Å². The van der Waals surface area contributed by atoms with Crippen LogP contribution < -0.4 is 5.43 Å². The van der Waals surface area contributed by atoms with Gasteiger partial charge < -0.3 is 25.0 Å². The average molecular weight is 538 g/mol. The normalized spacial score (nSPS) is 11.4. The molecule has 0 unspecified atom stereocenters. The molecule has 4 N–H and O–H groups in total. The smallest absolute Gasteiger partial charge is 0.235 e. The Morgan fingerprint density at radius 3 is 1.62 bits per heavy atom. The molecule has 0 spiro atoms. The van der Waals surface area contributed by atoms with Gasteiger partial charge >= 0.3 is 0 Å². The highest BCUT2D eigenvalue weighted by molar-refractivity contribution is 5.91. The van der Waals surface area contributed by atoms with Crippen LogP contribution in [0.5, 0.6) is 23.0 Å². The lowest BCUT2D eigenvalue weighted by Gasteiger charge is -2.19. The van der Waals surface area contributed by atoms with E-state index in [0.717, 1.165) is 25.3 Å². The lowest BCUT2D eigenvalue weighted by atomic mass is 10.0. The molecule has 1 aromatic heterocycles. The number of unbranched alkanes of at least 4 members (excludes halogenated alkanes) is 15. The SMILES string of the molecule is CCCCCCCCCCCCCCCCCCn1c(-c2ccc(O)cc2)c(O)c(=O)c2c(O)cc(O)cc21. The van der Waals surface area contributed by atoms with Gasteiger partial charge in [0, 0.05) is 24.2 Å². The summed E-state index contributed by atoms with van der Waals surface area (Å²) in [6.07, 6.45) is 20.4. The van der Waals surface area contributed by atoms with E-state index in [1.165, 1.54) is 102 Å². The number of benzene rings is 2. The van der Waals surface area contributed by atoms with Gasteiger partial charge in [-0.1, -0.05) is 103 Å². The Bertz CT molecular complexity index is 1220. The topological polar surface area (TPSA) is 103 Å². The van der Waals surface area contributed by atoms with Crippen molar-refractivity contribution in [2.45, 2.75) is 116 Å². The van der Waals surface area contributed by atoms with Crippen molar-refractivity contribution in [3.05, 3.63) is 46.6 Å². The number of phenolic OH excluding ortho intramolecular Hbond substituents is 3. The summed E-state index contributed by atoms with van der Waals surface area (Å²) in [5.74, 6) is -0.877. The van der Waals surface area contributed by atoms with Gasteiger partial charge in [-0.2, -0.15) is 0 Å². The van der Waals surface area contributed by atoms with Crippen LogP contribution >= 0.6 is 0 Å². The molecule has 3 rings (SSSR count). The highest BCUT2D eigenvalue weighted by Crippen LogP contribution is 2.36. The lowest BCUT2D eigenvalue weighted by molar-refractivity contribution is 0.449. The molecule has 0 radical (unpaired) electrons. The largest absolute Gasteiger partial charge is 0.508 e. The van der Waals surface area contributed by atoms with Gasteiger partial charge in [-0.05, 0) is 30.7 Å². The second-order valence-corrected chi connectivity index (χ2v) is 10.9. The van der Waals surface area contributed by atoms with Crippen molar-refractivity contribution in [3.8, 4) is 34.3 Å². The van der Waals surface area contributed by atoms with E-state index in [0.29, 0.717) is 23.3 Å². The molecule has 0 aliphatic carbocycles. The highest BCUT2D eigenvalue weighted by atomic mass is 16.3. The van der Waals surface area contributed by atoms with E-state index in [9.17, 15) is 25.2 Å². The Labute approximate surface area is 233 Å². The zero-order chi connectivity index (χ0) is 28.0. The molecular formula is C33H47NO5. The van der Waals surface area contributed by atoms with Crippen molar-refractivity contribution in [1.29, 1.82) is 0 Å². The minimum atomic E-state index is -0.686. The summed E-state index contributed by atoms with van der Waals surface area (Å²) in [5.41, 5.74) is 0.579. The van der Waals surface area contributed by atoms with E-state index in [1.54, 1.807) is 16.7 Å². The minimum absolute atomic E-state index is 0.00989. The Morgan fingerprint density at radius 2 is 1.10 bits per heavy atom. The van der Waals surface area contributed by atoms with Crippen molar-refractivity contribution < 1.29 is 20.4 Å². The molecule has 6 nitrogen and oxygen atoms in total. The monoisotopic (exact) mass is 537 g/mol. The lowest BCUT2D eigenvalue weighted by Crippen LogP contribution is -2.13. The summed E-state index contributed by atoms with van der Waals surface area (Å²) in [6.45, 7) is 2.78. The number of hydrogen-bond acceptors (Lipinski definition) is 5. The van der Waals surface area contributed by atoms with E-state index < -0.39 is 11.2 Å². The number of fused-ring (bicyclic) bond motifs is 1. The molecule has 0 atom stereocenters. The van der Waals surface area contributed by atoms with Gasteiger partial charge in [0.15, 0.2) is 5.75 Å². The third-order valence-electron chi connectivity index (χ3n) is 7.68. The van der Waals surface area contributed by atoms with Crippen molar-refractivity contribution in [3.63, 3.8) is 0 Å². The summed E-state index contributed by atoms with van der Waals surface area (Å²) in [5, 5.41) is 41.1. The summed E-state index contributed by atoms with van der Waals surface area (Å²) >= 11 is 0. The first-order chi connectivity index (χ1) is 18.9. The molecule has 3 aromatic rings. The van der Waals surface area contributed by atoms with Crippen LogP contribution in [0.4, 0.5) is 0 Å².